The van der Waals surface area contributed by atoms with Gasteiger partial charge in [-0.15, -0.1) is 0 Å². The van der Waals surface area contributed by atoms with Gasteiger partial charge in [0.1, 0.15) is 0 Å². The number of rotatable bonds is 3. The summed E-state index contributed by atoms with van der Waals surface area (Å²) in [6.45, 7) is 18.8. The highest BCUT2D eigenvalue weighted by atomic mass is 14.3. The van der Waals surface area contributed by atoms with Crippen molar-refractivity contribution in [3.8, 4) is 44.5 Å². The third-order valence-corrected chi connectivity index (χ3v) is 12.7. The van der Waals surface area contributed by atoms with Crippen LogP contribution in [0.2, 0.25) is 0 Å². The molecule has 0 saturated heterocycles. The summed E-state index contributed by atoms with van der Waals surface area (Å²) in [6.07, 6.45) is 0.985. The predicted octanol–water partition coefficient (Wildman–Crippen LogP) is 14.2. The van der Waals surface area contributed by atoms with Crippen molar-refractivity contribution in [2.75, 3.05) is 0 Å². The number of benzene rings is 8. The van der Waals surface area contributed by atoms with Crippen LogP contribution in [0.4, 0.5) is 0 Å². The van der Waals surface area contributed by atoms with E-state index in [-0.39, 0.29) is 0 Å². The molecule has 0 aliphatic heterocycles. The van der Waals surface area contributed by atoms with Crippen LogP contribution >= 0.6 is 0 Å². The molecule has 51 heavy (non-hydrogen) atoms. The Morgan fingerprint density at radius 1 is 0.333 bits per heavy atom. The molecule has 0 radical (unpaired) electrons. The maximum atomic E-state index is 2.48. The summed E-state index contributed by atoms with van der Waals surface area (Å²) in [5, 5.41) is 8.14. The molecule has 0 fully saturated rings. The minimum Gasteiger partial charge on any atom is -0.0622 e. The molecule has 0 aromatic heterocycles. The molecule has 248 valence electrons. The van der Waals surface area contributed by atoms with Crippen LogP contribution in [0, 0.1) is 55.4 Å². The van der Waals surface area contributed by atoms with Crippen molar-refractivity contribution >= 4 is 32.3 Å². The SMILES string of the molecule is Cc1c(C)c(C)c2c(-c3cccc4c3-c3ccccc3C4)c3c(C)c(C)c(C)c(C)c3c(-c3cc(-c4ccccc4)c4ccccc4c3)c2c1C. The van der Waals surface area contributed by atoms with Gasteiger partial charge in [-0.05, 0) is 206 Å². The Hall–Kier alpha value is -5.46. The molecule has 1 aliphatic carbocycles. The lowest BCUT2D eigenvalue weighted by Crippen LogP contribution is -2.04. The first-order valence-electron chi connectivity index (χ1n) is 18.4. The Balaban J connectivity index is 1.56. The van der Waals surface area contributed by atoms with Crippen LogP contribution in [0.15, 0.2) is 109 Å². The van der Waals surface area contributed by atoms with Crippen LogP contribution in [0.5, 0.6) is 0 Å². The van der Waals surface area contributed by atoms with E-state index in [1.54, 1.807) is 0 Å². The van der Waals surface area contributed by atoms with Gasteiger partial charge in [0, 0.05) is 0 Å². The topological polar surface area (TPSA) is 0 Å². The quantitative estimate of drug-likeness (QED) is 0.166. The maximum absolute atomic E-state index is 2.48. The molecule has 0 heteroatoms. The first-order valence-corrected chi connectivity index (χ1v) is 18.4. The third-order valence-electron chi connectivity index (χ3n) is 12.7. The molecule has 0 heterocycles. The normalized spacial score (nSPS) is 12.2. The van der Waals surface area contributed by atoms with E-state index in [2.05, 4.69) is 165 Å². The van der Waals surface area contributed by atoms with Gasteiger partial charge in [0.15, 0.2) is 0 Å². The molecule has 0 amide bonds. The van der Waals surface area contributed by atoms with Crippen molar-refractivity contribution in [1.29, 1.82) is 0 Å². The van der Waals surface area contributed by atoms with Gasteiger partial charge in [-0.2, -0.15) is 0 Å². The lowest BCUT2D eigenvalue weighted by Gasteiger charge is -2.28. The highest BCUT2D eigenvalue weighted by Crippen LogP contribution is 2.54. The summed E-state index contributed by atoms with van der Waals surface area (Å²) < 4.78 is 0. The minimum absolute atomic E-state index is 0.985. The molecule has 0 nitrogen and oxygen atoms in total. The van der Waals surface area contributed by atoms with E-state index >= 15 is 0 Å². The van der Waals surface area contributed by atoms with Gasteiger partial charge < -0.3 is 0 Å². The fraction of sp³-hybridized carbons (Fsp3) is 0.176. The molecule has 0 saturated carbocycles. The van der Waals surface area contributed by atoms with E-state index in [9.17, 15) is 0 Å². The van der Waals surface area contributed by atoms with E-state index in [1.807, 2.05) is 0 Å². The molecule has 8 aromatic carbocycles. The fourth-order valence-electron chi connectivity index (χ4n) is 9.39. The second-order valence-electron chi connectivity index (χ2n) is 15.0. The molecule has 0 unspecified atom stereocenters. The first-order chi connectivity index (χ1) is 24.7. The number of fused-ring (bicyclic) bond motifs is 6. The van der Waals surface area contributed by atoms with E-state index in [1.165, 1.54) is 132 Å². The Bertz CT molecular complexity index is 2690. The molecule has 0 spiro atoms. The smallest absolute Gasteiger partial charge is 0.00132 e. The highest BCUT2D eigenvalue weighted by Gasteiger charge is 2.29. The number of aryl methyl sites for hydroxylation is 4. The fourth-order valence-corrected chi connectivity index (χ4v) is 9.39. The summed E-state index contributed by atoms with van der Waals surface area (Å²) >= 11 is 0. The predicted molar refractivity (Wildman–Crippen MR) is 221 cm³/mol. The molecule has 8 aromatic rings. The molecule has 0 bridgehead atoms. The van der Waals surface area contributed by atoms with Gasteiger partial charge in [0.25, 0.3) is 0 Å². The van der Waals surface area contributed by atoms with Crippen molar-refractivity contribution in [1.82, 2.24) is 0 Å². The van der Waals surface area contributed by atoms with Crippen LogP contribution in [0.3, 0.4) is 0 Å². The van der Waals surface area contributed by atoms with Crippen molar-refractivity contribution < 1.29 is 0 Å². The largest absolute Gasteiger partial charge is 0.0622 e. The van der Waals surface area contributed by atoms with E-state index in [0.29, 0.717) is 0 Å². The summed E-state index contributed by atoms with van der Waals surface area (Å²) in [4.78, 5) is 0. The van der Waals surface area contributed by atoms with Gasteiger partial charge in [-0.25, -0.2) is 0 Å². The van der Waals surface area contributed by atoms with Crippen molar-refractivity contribution in [3.63, 3.8) is 0 Å². The number of hydrogen-bond donors (Lipinski definition) is 0. The molecule has 1 aliphatic rings. The zero-order valence-corrected chi connectivity index (χ0v) is 31.1. The van der Waals surface area contributed by atoms with Crippen LogP contribution in [0.1, 0.15) is 55.6 Å². The minimum atomic E-state index is 0.985. The van der Waals surface area contributed by atoms with Gasteiger partial charge in [0.05, 0.1) is 0 Å². The van der Waals surface area contributed by atoms with E-state index in [0.717, 1.165) is 6.42 Å². The van der Waals surface area contributed by atoms with Crippen molar-refractivity contribution in [2.24, 2.45) is 0 Å². The second kappa shape index (κ2) is 11.5. The van der Waals surface area contributed by atoms with E-state index in [4.69, 9.17) is 0 Å². The molecule has 0 N–H and O–H groups in total. The molecular formula is C51H44. The average molecular weight is 657 g/mol. The summed E-state index contributed by atoms with van der Waals surface area (Å²) in [5.41, 5.74) is 24.7. The van der Waals surface area contributed by atoms with Gasteiger partial charge in [0.2, 0.25) is 0 Å². The van der Waals surface area contributed by atoms with Crippen LogP contribution in [-0.4, -0.2) is 0 Å². The standard InChI is InChI=1S/C51H44/c1-28-30(3)34(7)47-45(32(28)5)50(40-26-37-19-12-14-22-41(37)44(27-40)36-17-10-9-11-18-36)46-33(6)29(2)31(4)35(8)48(46)51(47)43-24-16-21-39-25-38-20-13-15-23-42(38)49(39)43/h9-24,26-27H,25H2,1-8H3. The Morgan fingerprint density at radius 3 is 1.49 bits per heavy atom. The van der Waals surface area contributed by atoms with Gasteiger partial charge >= 0.3 is 0 Å². The van der Waals surface area contributed by atoms with Crippen LogP contribution in [-0.2, 0) is 6.42 Å². The zero-order valence-electron chi connectivity index (χ0n) is 31.1. The Morgan fingerprint density at radius 2 is 0.843 bits per heavy atom. The van der Waals surface area contributed by atoms with E-state index < -0.39 is 0 Å². The zero-order chi connectivity index (χ0) is 35.3. The number of hydrogen-bond acceptors (Lipinski definition) is 0. The highest BCUT2D eigenvalue weighted by molar-refractivity contribution is 6.27. The third kappa shape index (κ3) is 4.45. The Labute approximate surface area is 302 Å². The maximum Gasteiger partial charge on any atom is -0.00132 e. The summed E-state index contributed by atoms with van der Waals surface area (Å²) in [7, 11) is 0. The summed E-state index contributed by atoms with van der Waals surface area (Å²) in [6, 6.07) is 40.9. The molecule has 9 rings (SSSR count). The Kier molecular flexibility index (Phi) is 7.13. The first kappa shape index (κ1) is 31.5. The second-order valence-corrected chi connectivity index (χ2v) is 15.0. The van der Waals surface area contributed by atoms with Crippen molar-refractivity contribution in [3.05, 3.63) is 165 Å². The molecular weight excluding hydrogens is 613 g/mol. The van der Waals surface area contributed by atoms with Crippen LogP contribution in [0.25, 0.3) is 76.8 Å². The van der Waals surface area contributed by atoms with Gasteiger partial charge in [-0.3, -0.25) is 0 Å². The lowest BCUT2D eigenvalue weighted by molar-refractivity contribution is 1.24. The van der Waals surface area contributed by atoms with Gasteiger partial charge in [-0.1, -0.05) is 97.1 Å². The lowest BCUT2D eigenvalue weighted by atomic mass is 9.75. The average Bonchev–Trinajstić information content (AvgIpc) is 3.55. The monoisotopic (exact) mass is 656 g/mol. The summed E-state index contributed by atoms with van der Waals surface area (Å²) in [5.74, 6) is 0. The van der Waals surface area contributed by atoms with Crippen LogP contribution < -0.4 is 0 Å². The van der Waals surface area contributed by atoms with Crippen molar-refractivity contribution in [2.45, 2.75) is 61.8 Å². The molecule has 0 atom stereocenters.